The molecule has 2 saturated heterocycles. The summed E-state index contributed by atoms with van der Waals surface area (Å²) < 4.78 is 28.9. The van der Waals surface area contributed by atoms with Crippen molar-refractivity contribution in [2.75, 3.05) is 18.9 Å². The van der Waals surface area contributed by atoms with Gasteiger partial charge in [0, 0.05) is 6.54 Å². The number of morpholine rings is 1. The first kappa shape index (κ1) is 11.9. The SMILES string of the molecule is O=C1COC(CC2CCCCS2(=O)=O)CN1. The number of hydrogen-bond acceptors (Lipinski definition) is 4. The first-order chi connectivity index (χ1) is 7.58. The Morgan fingerprint density at radius 3 is 2.81 bits per heavy atom. The molecular weight excluding hydrogens is 230 g/mol. The summed E-state index contributed by atoms with van der Waals surface area (Å²) in [7, 11) is -2.93. The molecule has 0 aromatic carbocycles. The van der Waals surface area contributed by atoms with Gasteiger partial charge in [0.25, 0.3) is 0 Å². The molecule has 92 valence electrons. The Balaban J connectivity index is 1.91. The lowest BCUT2D eigenvalue weighted by Crippen LogP contribution is -2.45. The minimum Gasteiger partial charge on any atom is -0.367 e. The number of amides is 1. The zero-order valence-electron chi connectivity index (χ0n) is 9.15. The van der Waals surface area contributed by atoms with Crippen molar-refractivity contribution in [1.29, 1.82) is 0 Å². The maximum absolute atomic E-state index is 11.8. The number of nitrogens with one attached hydrogen (secondary N) is 1. The van der Waals surface area contributed by atoms with Gasteiger partial charge in [-0.25, -0.2) is 8.42 Å². The molecule has 0 bridgehead atoms. The zero-order chi connectivity index (χ0) is 11.6. The second-order valence-corrected chi connectivity index (χ2v) is 6.86. The first-order valence-electron chi connectivity index (χ1n) is 5.68. The lowest BCUT2D eigenvalue weighted by atomic mass is 10.1. The Hall–Kier alpha value is -0.620. The van der Waals surface area contributed by atoms with Crippen LogP contribution < -0.4 is 5.32 Å². The van der Waals surface area contributed by atoms with E-state index in [-0.39, 0.29) is 23.9 Å². The van der Waals surface area contributed by atoms with Crippen molar-refractivity contribution in [2.24, 2.45) is 0 Å². The molecule has 0 radical (unpaired) electrons. The molecule has 0 spiro atoms. The molecule has 2 unspecified atom stereocenters. The van der Waals surface area contributed by atoms with E-state index in [0.29, 0.717) is 18.7 Å². The third kappa shape index (κ3) is 2.74. The lowest BCUT2D eigenvalue weighted by Gasteiger charge is -2.29. The third-order valence-electron chi connectivity index (χ3n) is 3.22. The van der Waals surface area contributed by atoms with Crippen molar-refractivity contribution in [1.82, 2.24) is 5.32 Å². The van der Waals surface area contributed by atoms with Gasteiger partial charge in [-0.2, -0.15) is 0 Å². The molecule has 0 aromatic heterocycles. The van der Waals surface area contributed by atoms with Gasteiger partial charge in [-0.15, -0.1) is 0 Å². The van der Waals surface area contributed by atoms with Crippen LogP contribution in [0.2, 0.25) is 0 Å². The number of rotatable bonds is 2. The average Bonchev–Trinajstić information content (AvgIpc) is 2.24. The van der Waals surface area contributed by atoms with Crippen molar-refractivity contribution < 1.29 is 17.9 Å². The van der Waals surface area contributed by atoms with E-state index in [4.69, 9.17) is 4.74 Å². The van der Waals surface area contributed by atoms with Gasteiger partial charge in [0.05, 0.1) is 17.1 Å². The molecule has 2 fully saturated rings. The van der Waals surface area contributed by atoms with Crippen molar-refractivity contribution in [2.45, 2.75) is 37.0 Å². The van der Waals surface area contributed by atoms with E-state index in [1.165, 1.54) is 0 Å². The van der Waals surface area contributed by atoms with Crippen LogP contribution in [0.15, 0.2) is 0 Å². The maximum Gasteiger partial charge on any atom is 0.246 e. The quantitative estimate of drug-likeness (QED) is 0.737. The van der Waals surface area contributed by atoms with Gasteiger partial charge in [-0.05, 0) is 19.3 Å². The number of hydrogen-bond donors (Lipinski definition) is 1. The number of carbonyl (C=O) groups excluding carboxylic acids is 1. The Morgan fingerprint density at radius 2 is 2.19 bits per heavy atom. The highest BCUT2D eigenvalue weighted by atomic mass is 32.2. The zero-order valence-corrected chi connectivity index (χ0v) is 9.96. The second kappa shape index (κ2) is 4.71. The lowest BCUT2D eigenvalue weighted by molar-refractivity contribution is -0.133. The molecule has 2 atom stereocenters. The van der Waals surface area contributed by atoms with Crippen molar-refractivity contribution >= 4 is 15.7 Å². The predicted molar refractivity (Wildman–Crippen MR) is 58.8 cm³/mol. The van der Waals surface area contributed by atoms with Crippen LogP contribution in [0.5, 0.6) is 0 Å². The molecule has 2 rings (SSSR count). The summed E-state index contributed by atoms with van der Waals surface area (Å²) in [6.45, 7) is 0.488. The van der Waals surface area contributed by atoms with Crippen LogP contribution in [-0.2, 0) is 19.4 Å². The molecule has 0 saturated carbocycles. The van der Waals surface area contributed by atoms with Gasteiger partial charge >= 0.3 is 0 Å². The summed E-state index contributed by atoms with van der Waals surface area (Å²) in [5.41, 5.74) is 0. The molecule has 6 heteroatoms. The Bertz CT molecular complexity index is 355. The summed E-state index contributed by atoms with van der Waals surface area (Å²) >= 11 is 0. The Labute approximate surface area is 95.5 Å². The van der Waals surface area contributed by atoms with Crippen LogP contribution in [0.1, 0.15) is 25.7 Å². The summed E-state index contributed by atoms with van der Waals surface area (Å²) in [4.78, 5) is 10.9. The summed E-state index contributed by atoms with van der Waals surface area (Å²) in [6, 6.07) is 0. The summed E-state index contributed by atoms with van der Waals surface area (Å²) in [5, 5.41) is 2.41. The van der Waals surface area contributed by atoms with Crippen LogP contribution in [0, 0.1) is 0 Å². The van der Waals surface area contributed by atoms with Crippen molar-refractivity contribution in [3.63, 3.8) is 0 Å². The van der Waals surface area contributed by atoms with Crippen LogP contribution in [0.25, 0.3) is 0 Å². The van der Waals surface area contributed by atoms with E-state index in [0.717, 1.165) is 19.3 Å². The van der Waals surface area contributed by atoms with Crippen molar-refractivity contribution in [3.05, 3.63) is 0 Å². The largest absolute Gasteiger partial charge is 0.367 e. The third-order valence-corrected chi connectivity index (χ3v) is 5.52. The molecule has 16 heavy (non-hydrogen) atoms. The molecule has 1 N–H and O–H groups in total. The molecule has 0 aromatic rings. The van der Waals surface area contributed by atoms with E-state index >= 15 is 0 Å². The van der Waals surface area contributed by atoms with Crippen LogP contribution >= 0.6 is 0 Å². The molecule has 0 aliphatic carbocycles. The molecule has 2 aliphatic heterocycles. The fourth-order valence-corrected chi connectivity index (χ4v) is 4.24. The summed E-state index contributed by atoms with van der Waals surface area (Å²) in [6.07, 6.45) is 2.86. The van der Waals surface area contributed by atoms with Crippen LogP contribution in [0.3, 0.4) is 0 Å². The van der Waals surface area contributed by atoms with E-state index in [9.17, 15) is 13.2 Å². The molecule has 2 aliphatic rings. The Morgan fingerprint density at radius 1 is 1.38 bits per heavy atom. The second-order valence-electron chi connectivity index (χ2n) is 4.46. The van der Waals surface area contributed by atoms with E-state index in [2.05, 4.69) is 5.32 Å². The average molecular weight is 247 g/mol. The number of ether oxygens (including phenoxy) is 1. The first-order valence-corrected chi connectivity index (χ1v) is 7.39. The monoisotopic (exact) mass is 247 g/mol. The Kier molecular flexibility index (Phi) is 3.49. The van der Waals surface area contributed by atoms with Crippen molar-refractivity contribution in [3.8, 4) is 0 Å². The van der Waals surface area contributed by atoms with Gasteiger partial charge in [-0.1, -0.05) is 6.42 Å². The van der Waals surface area contributed by atoms with Gasteiger partial charge < -0.3 is 10.1 Å². The van der Waals surface area contributed by atoms with Gasteiger partial charge in [-0.3, -0.25) is 4.79 Å². The highest BCUT2D eigenvalue weighted by Gasteiger charge is 2.32. The predicted octanol–water partition coefficient (Wildman–Crippen LogP) is -0.141. The van der Waals surface area contributed by atoms with E-state index in [1.807, 2.05) is 0 Å². The van der Waals surface area contributed by atoms with Crippen LogP contribution in [-0.4, -0.2) is 44.6 Å². The van der Waals surface area contributed by atoms with Gasteiger partial charge in [0.2, 0.25) is 5.91 Å². The highest BCUT2D eigenvalue weighted by molar-refractivity contribution is 7.92. The topological polar surface area (TPSA) is 72.5 Å². The number of carbonyl (C=O) groups is 1. The molecule has 2 heterocycles. The summed E-state index contributed by atoms with van der Waals surface area (Å²) in [5.74, 6) is 0.180. The fraction of sp³-hybridized carbons (Fsp3) is 0.900. The minimum absolute atomic E-state index is 0.0530. The molecular formula is C10H17NO4S. The highest BCUT2D eigenvalue weighted by Crippen LogP contribution is 2.24. The molecule has 1 amide bonds. The van der Waals surface area contributed by atoms with Gasteiger partial charge in [0.1, 0.15) is 6.61 Å². The standard InChI is InChI=1S/C10H17NO4S/c12-10-7-15-8(6-11-10)5-9-3-1-2-4-16(9,13)14/h8-9H,1-7H2,(H,11,12). The van der Waals surface area contributed by atoms with E-state index in [1.54, 1.807) is 0 Å². The fourth-order valence-electron chi connectivity index (χ4n) is 2.26. The normalized spacial score (nSPS) is 34.4. The maximum atomic E-state index is 11.8. The van der Waals surface area contributed by atoms with Gasteiger partial charge in [0.15, 0.2) is 9.84 Å². The minimum atomic E-state index is -2.93. The molecule has 5 nitrogen and oxygen atoms in total. The van der Waals surface area contributed by atoms with Crippen LogP contribution in [0.4, 0.5) is 0 Å². The number of sulfone groups is 1. The van der Waals surface area contributed by atoms with E-state index < -0.39 is 9.84 Å². The smallest absolute Gasteiger partial charge is 0.246 e.